The van der Waals surface area contributed by atoms with E-state index in [0.29, 0.717) is 0 Å². The fraction of sp³-hybridized carbons (Fsp3) is 0.250. The van der Waals surface area contributed by atoms with E-state index in [9.17, 15) is 5.11 Å². The third-order valence-corrected chi connectivity index (χ3v) is 5.09. The van der Waals surface area contributed by atoms with Gasteiger partial charge in [-0.2, -0.15) is 0 Å². The number of rotatable bonds is 3. The molecule has 0 saturated carbocycles. The predicted octanol–water partition coefficient (Wildman–Crippen LogP) is 4.58. The molecule has 1 aliphatic rings. The van der Waals surface area contributed by atoms with Crippen LogP contribution in [0.2, 0.25) is 0 Å². The van der Waals surface area contributed by atoms with Crippen molar-refractivity contribution in [2.45, 2.75) is 35.7 Å². The SMILES string of the molecule is OCc1cc(Br)ccc1Sc1ccc2c(c1)CCC2. The first-order valence-electron chi connectivity index (χ1n) is 6.45. The summed E-state index contributed by atoms with van der Waals surface area (Å²) in [5.41, 5.74) is 3.97. The quantitative estimate of drug-likeness (QED) is 0.886. The maximum absolute atomic E-state index is 9.44. The Morgan fingerprint density at radius 1 is 1.05 bits per heavy atom. The van der Waals surface area contributed by atoms with Gasteiger partial charge in [-0.1, -0.05) is 33.8 Å². The second-order valence-electron chi connectivity index (χ2n) is 4.80. The predicted molar refractivity (Wildman–Crippen MR) is 82.7 cm³/mol. The minimum atomic E-state index is 0.0761. The molecule has 2 aromatic rings. The first kappa shape index (κ1) is 13.2. The lowest BCUT2D eigenvalue weighted by atomic mass is 10.1. The zero-order valence-corrected chi connectivity index (χ0v) is 12.9. The van der Waals surface area contributed by atoms with Crippen molar-refractivity contribution in [1.82, 2.24) is 0 Å². The molecule has 0 fully saturated rings. The van der Waals surface area contributed by atoms with Gasteiger partial charge in [-0.05, 0) is 66.3 Å². The van der Waals surface area contributed by atoms with Crippen LogP contribution in [0.3, 0.4) is 0 Å². The van der Waals surface area contributed by atoms with E-state index in [-0.39, 0.29) is 6.61 Å². The van der Waals surface area contributed by atoms with Gasteiger partial charge in [0.1, 0.15) is 0 Å². The highest BCUT2D eigenvalue weighted by Gasteiger charge is 2.12. The lowest BCUT2D eigenvalue weighted by molar-refractivity contribution is 0.279. The highest BCUT2D eigenvalue weighted by molar-refractivity contribution is 9.10. The van der Waals surface area contributed by atoms with E-state index in [0.717, 1.165) is 14.9 Å². The molecule has 98 valence electrons. The van der Waals surface area contributed by atoms with Crippen molar-refractivity contribution >= 4 is 27.7 Å². The molecule has 3 rings (SSSR count). The maximum atomic E-state index is 9.44. The summed E-state index contributed by atoms with van der Waals surface area (Å²) in [6, 6.07) is 12.8. The van der Waals surface area contributed by atoms with Crippen LogP contribution in [0.15, 0.2) is 50.7 Å². The monoisotopic (exact) mass is 334 g/mol. The maximum Gasteiger partial charge on any atom is 0.0693 e. The zero-order valence-electron chi connectivity index (χ0n) is 10.5. The van der Waals surface area contributed by atoms with Crippen molar-refractivity contribution in [3.8, 4) is 0 Å². The largest absolute Gasteiger partial charge is 0.392 e. The van der Waals surface area contributed by atoms with Gasteiger partial charge in [-0.3, -0.25) is 0 Å². The second-order valence-corrected chi connectivity index (χ2v) is 6.83. The van der Waals surface area contributed by atoms with Crippen molar-refractivity contribution < 1.29 is 5.11 Å². The summed E-state index contributed by atoms with van der Waals surface area (Å²) >= 11 is 5.18. The lowest BCUT2D eigenvalue weighted by Gasteiger charge is -2.09. The van der Waals surface area contributed by atoms with Gasteiger partial charge in [0.2, 0.25) is 0 Å². The molecule has 3 heteroatoms. The van der Waals surface area contributed by atoms with Crippen LogP contribution in [-0.4, -0.2) is 5.11 Å². The number of hydrogen-bond acceptors (Lipinski definition) is 2. The summed E-state index contributed by atoms with van der Waals surface area (Å²) in [4.78, 5) is 2.39. The molecular formula is C16H15BrOS. The van der Waals surface area contributed by atoms with Crippen LogP contribution in [0.1, 0.15) is 23.1 Å². The van der Waals surface area contributed by atoms with Gasteiger partial charge < -0.3 is 5.11 Å². The van der Waals surface area contributed by atoms with Gasteiger partial charge >= 0.3 is 0 Å². The van der Waals surface area contributed by atoms with Crippen molar-refractivity contribution in [3.63, 3.8) is 0 Å². The van der Waals surface area contributed by atoms with E-state index in [2.05, 4.69) is 40.2 Å². The molecule has 1 nitrogen and oxygen atoms in total. The number of aliphatic hydroxyl groups excluding tert-OH is 1. The van der Waals surface area contributed by atoms with Gasteiger partial charge in [0.05, 0.1) is 6.61 Å². The third-order valence-electron chi connectivity index (χ3n) is 3.49. The fourth-order valence-electron chi connectivity index (χ4n) is 2.51. The smallest absolute Gasteiger partial charge is 0.0693 e. The molecule has 0 amide bonds. The van der Waals surface area contributed by atoms with E-state index in [4.69, 9.17) is 0 Å². The van der Waals surface area contributed by atoms with Gasteiger partial charge in [-0.15, -0.1) is 0 Å². The summed E-state index contributed by atoms with van der Waals surface area (Å²) in [5.74, 6) is 0. The molecule has 0 aliphatic heterocycles. The summed E-state index contributed by atoms with van der Waals surface area (Å²) in [6.07, 6.45) is 3.71. The molecule has 0 atom stereocenters. The normalized spacial score (nSPS) is 13.6. The average Bonchev–Trinajstić information content (AvgIpc) is 2.88. The van der Waals surface area contributed by atoms with Gasteiger partial charge in [0.25, 0.3) is 0 Å². The van der Waals surface area contributed by atoms with Crippen LogP contribution >= 0.6 is 27.7 Å². The average molecular weight is 335 g/mol. The van der Waals surface area contributed by atoms with Crippen molar-refractivity contribution in [2.75, 3.05) is 0 Å². The number of hydrogen-bond donors (Lipinski definition) is 1. The number of aliphatic hydroxyl groups is 1. The molecule has 1 N–H and O–H groups in total. The van der Waals surface area contributed by atoms with Crippen molar-refractivity contribution in [2.24, 2.45) is 0 Å². The fourth-order valence-corrected chi connectivity index (χ4v) is 3.90. The summed E-state index contributed by atoms with van der Waals surface area (Å²) in [7, 11) is 0. The molecule has 1 aliphatic carbocycles. The van der Waals surface area contributed by atoms with E-state index >= 15 is 0 Å². The van der Waals surface area contributed by atoms with Crippen molar-refractivity contribution in [1.29, 1.82) is 0 Å². The lowest BCUT2D eigenvalue weighted by Crippen LogP contribution is -1.88. The van der Waals surface area contributed by atoms with Gasteiger partial charge in [-0.25, -0.2) is 0 Å². The van der Waals surface area contributed by atoms with Gasteiger partial charge in [0, 0.05) is 14.3 Å². The minimum Gasteiger partial charge on any atom is -0.392 e. The van der Waals surface area contributed by atoms with Gasteiger partial charge in [0.15, 0.2) is 0 Å². The Morgan fingerprint density at radius 3 is 2.74 bits per heavy atom. The topological polar surface area (TPSA) is 20.2 Å². The van der Waals surface area contributed by atoms with Crippen LogP contribution in [0.25, 0.3) is 0 Å². The summed E-state index contributed by atoms with van der Waals surface area (Å²) in [6.45, 7) is 0.0761. The molecule has 0 radical (unpaired) electrons. The number of halogens is 1. The zero-order chi connectivity index (χ0) is 13.2. The molecule has 0 unspecified atom stereocenters. The third kappa shape index (κ3) is 2.88. The summed E-state index contributed by atoms with van der Waals surface area (Å²) < 4.78 is 1.01. The van der Waals surface area contributed by atoms with Crippen LogP contribution < -0.4 is 0 Å². The molecule has 0 saturated heterocycles. The molecule has 2 aromatic carbocycles. The standard InChI is InChI=1S/C16H15BrOS/c17-14-5-7-16(13(8-14)10-18)19-15-6-4-11-2-1-3-12(11)9-15/h4-9,18H,1-3,10H2. The Kier molecular flexibility index (Phi) is 3.96. The summed E-state index contributed by atoms with van der Waals surface area (Å²) in [5, 5.41) is 9.44. The van der Waals surface area contributed by atoms with E-state index in [1.807, 2.05) is 12.1 Å². The number of benzene rings is 2. The Balaban J connectivity index is 1.89. The number of aryl methyl sites for hydroxylation is 2. The Hall–Kier alpha value is -0.770. The molecular weight excluding hydrogens is 320 g/mol. The molecule has 0 spiro atoms. The van der Waals surface area contributed by atoms with E-state index in [1.165, 1.54) is 35.3 Å². The number of fused-ring (bicyclic) bond motifs is 1. The first-order valence-corrected chi connectivity index (χ1v) is 8.06. The first-order chi connectivity index (χ1) is 9.26. The Labute approximate surface area is 126 Å². The molecule has 0 aromatic heterocycles. The van der Waals surface area contributed by atoms with Crippen LogP contribution in [0.5, 0.6) is 0 Å². The van der Waals surface area contributed by atoms with E-state index in [1.54, 1.807) is 11.8 Å². The Morgan fingerprint density at radius 2 is 1.89 bits per heavy atom. The van der Waals surface area contributed by atoms with E-state index < -0.39 is 0 Å². The van der Waals surface area contributed by atoms with Crippen molar-refractivity contribution in [3.05, 3.63) is 57.6 Å². The Bertz CT molecular complexity index is 610. The molecule has 19 heavy (non-hydrogen) atoms. The molecule has 0 heterocycles. The molecule has 0 bridgehead atoms. The van der Waals surface area contributed by atoms with Crippen LogP contribution in [0.4, 0.5) is 0 Å². The second kappa shape index (κ2) is 5.70. The van der Waals surface area contributed by atoms with Crippen LogP contribution in [0, 0.1) is 0 Å². The highest BCUT2D eigenvalue weighted by atomic mass is 79.9. The van der Waals surface area contributed by atoms with Crippen LogP contribution in [-0.2, 0) is 19.4 Å². The highest BCUT2D eigenvalue weighted by Crippen LogP contribution is 2.34. The minimum absolute atomic E-state index is 0.0761.